The number of aliphatic hydroxyl groups excluding tert-OH is 2. The van der Waals surface area contributed by atoms with Crippen molar-refractivity contribution in [2.75, 3.05) is 5.75 Å². The first-order valence-electron chi connectivity index (χ1n) is 25.0. The molecule has 0 aromatic carbocycles. The van der Waals surface area contributed by atoms with Crippen LogP contribution in [0.4, 0.5) is 0 Å². The maximum Gasteiger partial charge on any atom is 0.267 e. The highest BCUT2D eigenvalue weighted by Gasteiger charge is 2.27. The van der Waals surface area contributed by atoms with Gasteiger partial charge in [0.2, 0.25) is 5.91 Å². The molecule has 8 heteroatoms. The molecule has 0 fully saturated rings. The number of unbranched alkanes of at least 4 members (excludes halogenated alkanes) is 37. The molecule has 0 aliphatic carbocycles. The van der Waals surface area contributed by atoms with E-state index in [2.05, 4.69) is 19.2 Å². The lowest BCUT2D eigenvalue weighted by molar-refractivity contribution is -0.130. The third kappa shape index (κ3) is 43.0. The Kier molecular flexibility index (Phi) is 42.4. The average Bonchev–Trinajstić information content (AvgIpc) is 3.18. The second-order valence-corrected chi connectivity index (χ2v) is 19.1. The zero-order chi connectivity index (χ0) is 41.9. The summed E-state index contributed by atoms with van der Waals surface area (Å²) in [5, 5.41) is 23.5. The minimum Gasteiger partial charge on any atom is -0.387 e. The van der Waals surface area contributed by atoms with Crippen molar-refractivity contribution >= 4 is 16.0 Å². The van der Waals surface area contributed by atoms with Gasteiger partial charge in [-0.1, -0.05) is 264 Å². The molecule has 0 spiro atoms. The first-order valence-corrected chi connectivity index (χ1v) is 26.6. The van der Waals surface area contributed by atoms with E-state index in [1.807, 2.05) is 6.08 Å². The van der Waals surface area contributed by atoms with Crippen LogP contribution in [0.2, 0.25) is 0 Å². The molecule has 4 N–H and O–H groups in total. The molecule has 1 amide bonds. The number of hydrogen-bond donors (Lipinski definition) is 4. The molecule has 0 bridgehead atoms. The predicted octanol–water partition coefficient (Wildman–Crippen LogP) is 14.3. The van der Waals surface area contributed by atoms with Gasteiger partial charge in [0.25, 0.3) is 10.1 Å². The summed E-state index contributed by atoms with van der Waals surface area (Å²) >= 11 is 0. The number of hydrogen-bond acceptors (Lipinski definition) is 5. The number of carbonyl (C=O) groups is 1. The lowest BCUT2D eigenvalue weighted by atomic mass is 10.0. The van der Waals surface area contributed by atoms with E-state index in [1.54, 1.807) is 0 Å². The van der Waals surface area contributed by atoms with Gasteiger partial charge in [-0.25, -0.2) is 0 Å². The molecule has 0 saturated heterocycles. The van der Waals surface area contributed by atoms with Crippen LogP contribution >= 0.6 is 0 Å². The molecular formula is C49H97NO6S. The number of carbonyl (C=O) groups excluding carboxylic acids is 1. The van der Waals surface area contributed by atoms with E-state index in [4.69, 9.17) is 0 Å². The summed E-state index contributed by atoms with van der Waals surface area (Å²) in [5.41, 5.74) is 0. The van der Waals surface area contributed by atoms with E-state index in [-0.39, 0.29) is 6.42 Å². The fourth-order valence-corrected chi connectivity index (χ4v) is 8.72. The molecule has 0 aliphatic heterocycles. The van der Waals surface area contributed by atoms with Crippen molar-refractivity contribution in [2.24, 2.45) is 0 Å². The standard InChI is InChI=1S/C49H97NO6S/c1-3-5-7-9-11-13-15-17-19-21-23-24-26-27-29-31-33-35-37-39-41-43-47(51)46(45-57(54,55)56)50-49(53)48(52)44-42-40-38-36-34-32-30-28-25-22-20-18-16-14-12-10-8-6-4-2/h41,43,46-48,51-52H,3-40,42,44-45H2,1-2H3,(H,50,53)(H,54,55,56)/b43-41+. The van der Waals surface area contributed by atoms with Crippen molar-refractivity contribution in [3.8, 4) is 0 Å². The van der Waals surface area contributed by atoms with Crippen LogP contribution in [0.1, 0.15) is 271 Å². The molecule has 0 aromatic rings. The summed E-state index contributed by atoms with van der Waals surface area (Å²) in [6.07, 6.45) is 51.3. The van der Waals surface area contributed by atoms with Crippen LogP contribution in [0.15, 0.2) is 12.2 Å². The number of allylic oxidation sites excluding steroid dienone is 1. The van der Waals surface area contributed by atoms with Crippen LogP contribution in [-0.2, 0) is 14.9 Å². The molecule has 0 heterocycles. The first-order chi connectivity index (χ1) is 27.7. The van der Waals surface area contributed by atoms with Crippen molar-refractivity contribution in [3.05, 3.63) is 12.2 Å². The van der Waals surface area contributed by atoms with E-state index in [1.165, 1.54) is 212 Å². The van der Waals surface area contributed by atoms with Crippen LogP contribution in [0.5, 0.6) is 0 Å². The van der Waals surface area contributed by atoms with Crippen LogP contribution < -0.4 is 5.32 Å². The summed E-state index contributed by atoms with van der Waals surface area (Å²) in [6.45, 7) is 4.55. The second-order valence-electron chi connectivity index (χ2n) is 17.6. The van der Waals surface area contributed by atoms with E-state index >= 15 is 0 Å². The van der Waals surface area contributed by atoms with Gasteiger partial charge >= 0.3 is 0 Å². The smallest absolute Gasteiger partial charge is 0.267 e. The monoisotopic (exact) mass is 828 g/mol. The van der Waals surface area contributed by atoms with Gasteiger partial charge < -0.3 is 15.5 Å². The molecule has 57 heavy (non-hydrogen) atoms. The van der Waals surface area contributed by atoms with Gasteiger partial charge in [0, 0.05) is 0 Å². The molecule has 0 aliphatic rings. The Morgan fingerprint density at radius 2 is 0.754 bits per heavy atom. The van der Waals surface area contributed by atoms with Gasteiger partial charge in [0.05, 0.1) is 17.9 Å². The lowest BCUT2D eigenvalue weighted by Crippen LogP contribution is -2.50. The fraction of sp³-hybridized carbons (Fsp3) is 0.939. The number of nitrogens with one attached hydrogen (secondary N) is 1. The van der Waals surface area contributed by atoms with Crippen molar-refractivity contribution in [3.63, 3.8) is 0 Å². The quantitative estimate of drug-likeness (QED) is 0.0275. The molecule has 7 nitrogen and oxygen atoms in total. The van der Waals surface area contributed by atoms with Crippen molar-refractivity contribution in [2.45, 2.75) is 289 Å². The second kappa shape index (κ2) is 43.1. The minimum atomic E-state index is -4.44. The fourth-order valence-electron chi connectivity index (χ4n) is 7.99. The molecule has 340 valence electrons. The number of amides is 1. The maximum atomic E-state index is 12.7. The van der Waals surface area contributed by atoms with E-state index in [0.717, 1.165) is 38.5 Å². The predicted molar refractivity (Wildman–Crippen MR) is 246 cm³/mol. The largest absolute Gasteiger partial charge is 0.387 e. The summed E-state index contributed by atoms with van der Waals surface area (Å²) in [4.78, 5) is 12.7. The van der Waals surface area contributed by atoms with E-state index < -0.39 is 40.0 Å². The van der Waals surface area contributed by atoms with Gasteiger partial charge in [-0.2, -0.15) is 8.42 Å². The molecule has 0 rings (SSSR count). The number of aliphatic hydroxyl groups is 2. The van der Waals surface area contributed by atoms with Crippen LogP contribution in [0, 0.1) is 0 Å². The summed E-state index contributed by atoms with van der Waals surface area (Å²) < 4.78 is 32.7. The summed E-state index contributed by atoms with van der Waals surface area (Å²) in [5.74, 6) is -1.52. The highest BCUT2D eigenvalue weighted by atomic mass is 32.2. The lowest BCUT2D eigenvalue weighted by Gasteiger charge is -2.22. The Labute approximate surface area is 354 Å². The van der Waals surface area contributed by atoms with Gasteiger partial charge in [-0.3, -0.25) is 9.35 Å². The first kappa shape index (κ1) is 56.0. The summed E-state index contributed by atoms with van der Waals surface area (Å²) in [6, 6.07) is -1.23. The Balaban J connectivity index is 3.88. The molecule has 3 atom stereocenters. The minimum absolute atomic E-state index is 0.286. The molecular weight excluding hydrogens is 731 g/mol. The zero-order valence-corrected chi connectivity index (χ0v) is 38.7. The van der Waals surface area contributed by atoms with Crippen LogP contribution in [0.25, 0.3) is 0 Å². The SMILES string of the molecule is CCCCCCCCCCCCCCCCCCCCC/C=C/C(O)C(CS(=O)(=O)O)NC(=O)C(O)CCCCCCCCCCCCCCCCCCCCC. The Hall–Kier alpha value is -0.960. The molecule has 0 saturated carbocycles. The van der Waals surface area contributed by atoms with E-state index in [0.29, 0.717) is 6.42 Å². The molecule has 0 radical (unpaired) electrons. The van der Waals surface area contributed by atoms with Gasteiger partial charge in [-0.15, -0.1) is 0 Å². The maximum absolute atomic E-state index is 12.7. The van der Waals surface area contributed by atoms with Gasteiger partial charge in [0.1, 0.15) is 6.10 Å². The van der Waals surface area contributed by atoms with Crippen LogP contribution in [-0.4, -0.2) is 53.1 Å². The molecule has 3 unspecified atom stereocenters. The topological polar surface area (TPSA) is 124 Å². The Morgan fingerprint density at radius 3 is 1.05 bits per heavy atom. The third-order valence-electron chi connectivity index (χ3n) is 11.8. The number of rotatable bonds is 46. The van der Waals surface area contributed by atoms with Crippen molar-refractivity contribution in [1.29, 1.82) is 0 Å². The van der Waals surface area contributed by atoms with Crippen molar-refractivity contribution < 1.29 is 28.0 Å². The third-order valence-corrected chi connectivity index (χ3v) is 12.6. The van der Waals surface area contributed by atoms with Gasteiger partial charge in [0.15, 0.2) is 0 Å². The van der Waals surface area contributed by atoms with Crippen LogP contribution in [0.3, 0.4) is 0 Å². The van der Waals surface area contributed by atoms with Gasteiger partial charge in [-0.05, 0) is 19.3 Å². The van der Waals surface area contributed by atoms with E-state index in [9.17, 15) is 28.0 Å². The highest BCUT2D eigenvalue weighted by molar-refractivity contribution is 7.85. The Bertz CT molecular complexity index is 973. The highest BCUT2D eigenvalue weighted by Crippen LogP contribution is 2.17. The zero-order valence-electron chi connectivity index (χ0n) is 37.9. The normalized spacial score (nSPS) is 13.7. The molecule has 0 aromatic heterocycles. The average molecular weight is 828 g/mol. The Morgan fingerprint density at radius 1 is 0.474 bits per heavy atom. The summed E-state index contributed by atoms with van der Waals surface area (Å²) in [7, 11) is -4.44. The van der Waals surface area contributed by atoms with Crippen molar-refractivity contribution in [1.82, 2.24) is 5.32 Å².